The molecule has 1 rings (SSSR count). The summed E-state index contributed by atoms with van der Waals surface area (Å²) in [5.41, 5.74) is 2.60. The normalized spacial score (nSPS) is 10.9. The minimum absolute atomic E-state index is 0.444. The molecule has 0 amide bonds. The van der Waals surface area contributed by atoms with Crippen molar-refractivity contribution < 1.29 is 4.74 Å². The smallest absolute Gasteiger partial charge is 0.286 e. The Bertz CT molecular complexity index is 402. The van der Waals surface area contributed by atoms with E-state index in [9.17, 15) is 0 Å². The molecule has 0 heterocycles. The summed E-state index contributed by atoms with van der Waals surface area (Å²) in [7, 11) is 1.32. The summed E-state index contributed by atoms with van der Waals surface area (Å²) in [5.74, 6) is 0.444. The van der Waals surface area contributed by atoms with Crippen LogP contribution in [0.1, 0.15) is 18.1 Å². The van der Waals surface area contributed by atoms with Crippen LogP contribution in [0.15, 0.2) is 43.0 Å². The topological polar surface area (TPSA) is 33.0 Å². The second-order valence-corrected chi connectivity index (χ2v) is 3.61. The summed E-state index contributed by atoms with van der Waals surface area (Å²) < 4.78 is 3.85. The zero-order chi connectivity index (χ0) is 13.1. The molecular formula is C15H19NO. The number of nitriles is 1. The van der Waals surface area contributed by atoms with E-state index in [1.807, 2.05) is 6.08 Å². The van der Waals surface area contributed by atoms with Gasteiger partial charge in [0.1, 0.15) is 0 Å². The van der Waals surface area contributed by atoms with Crippen LogP contribution in [-0.4, -0.2) is 7.11 Å². The van der Waals surface area contributed by atoms with Crippen molar-refractivity contribution in [2.45, 2.75) is 13.8 Å². The Kier molecular flexibility index (Phi) is 8.14. The van der Waals surface area contributed by atoms with E-state index in [1.165, 1.54) is 24.5 Å². The van der Waals surface area contributed by atoms with Crippen LogP contribution >= 0.6 is 0 Å². The zero-order valence-corrected chi connectivity index (χ0v) is 10.7. The molecular weight excluding hydrogens is 210 g/mol. The van der Waals surface area contributed by atoms with E-state index >= 15 is 0 Å². The molecule has 0 aliphatic rings. The fourth-order valence-electron chi connectivity index (χ4n) is 1.11. The molecule has 0 fully saturated rings. The third-order valence-electron chi connectivity index (χ3n) is 2.23. The fourth-order valence-corrected chi connectivity index (χ4v) is 1.11. The van der Waals surface area contributed by atoms with Crippen LogP contribution in [0.2, 0.25) is 0 Å². The Morgan fingerprint density at radius 3 is 2.47 bits per heavy atom. The van der Waals surface area contributed by atoms with Gasteiger partial charge in [0.05, 0.1) is 7.11 Å². The van der Waals surface area contributed by atoms with Gasteiger partial charge in [-0.15, -0.1) is 6.58 Å². The maximum atomic E-state index is 7.40. The van der Waals surface area contributed by atoms with E-state index in [4.69, 9.17) is 5.26 Å². The number of allylic oxidation sites excluding steroid dienone is 2. The molecule has 0 saturated carbocycles. The number of methoxy groups -OCH3 is 1. The molecule has 17 heavy (non-hydrogen) atoms. The standard InChI is InChI=1S/C13H16.C2H3NO/c1-4-11(2)9-10-13-8-6-5-7-12(13)3;1-4-2-3/h4-11H,1H2,2-3H3;1H3/b10-9-;. The van der Waals surface area contributed by atoms with Crippen LogP contribution < -0.4 is 0 Å². The van der Waals surface area contributed by atoms with E-state index in [1.54, 1.807) is 0 Å². The molecule has 2 nitrogen and oxygen atoms in total. The average Bonchev–Trinajstić information content (AvgIpc) is 2.37. The highest BCUT2D eigenvalue weighted by molar-refractivity contribution is 5.53. The van der Waals surface area contributed by atoms with Gasteiger partial charge in [-0.2, -0.15) is 5.26 Å². The molecule has 0 bridgehead atoms. The summed E-state index contributed by atoms with van der Waals surface area (Å²) in [6.07, 6.45) is 7.69. The highest BCUT2D eigenvalue weighted by atomic mass is 16.5. The van der Waals surface area contributed by atoms with Crippen LogP contribution in [0.25, 0.3) is 6.08 Å². The number of benzene rings is 1. The minimum atomic E-state index is 0.444. The lowest BCUT2D eigenvalue weighted by Gasteiger charge is -2.00. The third-order valence-corrected chi connectivity index (χ3v) is 2.23. The quantitative estimate of drug-likeness (QED) is 0.581. The van der Waals surface area contributed by atoms with Gasteiger partial charge < -0.3 is 4.74 Å². The van der Waals surface area contributed by atoms with Crippen molar-refractivity contribution in [1.82, 2.24) is 0 Å². The first kappa shape index (κ1) is 15.0. The fraction of sp³-hybridized carbons (Fsp3) is 0.267. The zero-order valence-electron chi connectivity index (χ0n) is 10.7. The average molecular weight is 229 g/mol. The Morgan fingerprint density at radius 1 is 1.41 bits per heavy atom. The van der Waals surface area contributed by atoms with Gasteiger partial charge in [-0.3, -0.25) is 0 Å². The van der Waals surface area contributed by atoms with Gasteiger partial charge in [0.15, 0.2) is 0 Å². The monoisotopic (exact) mass is 229 g/mol. The lowest BCUT2D eigenvalue weighted by molar-refractivity contribution is 0.362. The Balaban J connectivity index is 0.000000557. The number of hydrogen-bond acceptors (Lipinski definition) is 2. The second-order valence-electron chi connectivity index (χ2n) is 3.61. The van der Waals surface area contributed by atoms with Gasteiger partial charge in [-0.1, -0.05) is 49.4 Å². The molecule has 0 aromatic heterocycles. The maximum Gasteiger partial charge on any atom is 0.286 e. The lowest BCUT2D eigenvalue weighted by atomic mass is 10.1. The summed E-state index contributed by atoms with van der Waals surface area (Å²) >= 11 is 0. The van der Waals surface area contributed by atoms with E-state index in [-0.39, 0.29) is 0 Å². The summed E-state index contributed by atoms with van der Waals surface area (Å²) in [6.45, 7) is 7.99. The van der Waals surface area contributed by atoms with Crippen molar-refractivity contribution >= 4 is 6.08 Å². The van der Waals surface area contributed by atoms with Crippen molar-refractivity contribution in [2.24, 2.45) is 5.92 Å². The molecule has 1 unspecified atom stereocenters. The van der Waals surface area contributed by atoms with Gasteiger partial charge in [-0.05, 0) is 24.0 Å². The largest absolute Gasteiger partial charge is 0.431 e. The molecule has 0 N–H and O–H groups in total. The summed E-state index contributed by atoms with van der Waals surface area (Å²) in [5, 5.41) is 7.40. The van der Waals surface area contributed by atoms with Gasteiger partial charge in [0.25, 0.3) is 6.26 Å². The summed E-state index contributed by atoms with van der Waals surface area (Å²) in [4.78, 5) is 0. The SMILES string of the molecule is C=CC(C)/C=C\c1ccccc1C.COC#N. The first-order valence-electron chi connectivity index (χ1n) is 5.44. The van der Waals surface area contributed by atoms with Crippen molar-refractivity contribution in [1.29, 1.82) is 5.26 Å². The van der Waals surface area contributed by atoms with Gasteiger partial charge in [-0.25, -0.2) is 0 Å². The molecule has 1 atom stereocenters. The van der Waals surface area contributed by atoms with Crippen molar-refractivity contribution in [3.05, 3.63) is 54.1 Å². The number of rotatable bonds is 3. The van der Waals surface area contributed by atoms with Crippen molar-refractivity contribution in [2.75, 3.05) is 7.11 Å². The number of hydrogen-bond donors (Lipinski definition) is 0. The highest BCUT2D eigenvalue weighted by Gasteiger charge is 1.92. The second kappa shape index (κ2) is 9.23. The number of aryl methyl sites for hydroxylation is 1. The molecule has 1 aromatic carbocycles. The van der Waals surface area contributed by atoms with Crippen LogP contribution in [-0.2, 0) is 4.74 Å². The summed E-state index contributed by atoms with van der Waals surface area (Å²) in [6, 6.07) is 8.37. The van der Waals surface area contributed by atoms with Crippen LogP contribution in [0, 0.1) is 24.4 Å². The predicted molar refractivity (Wildman–Crippen MR) is 72.2 cm³/mol. The Morgan fingerprint density at radius 2 is 2.00 bits per heavy atom. The number of nitrogens with zero attached hydrogens (tertiary/aromatic N) is 1. The predicted octanol–water partition coefficient (Wildman–Crippen LogP) is 3.94. The van der Waals surface area contributed by atoms with Crippen LogP contribution in [0.5, 0.6) is 0 Å². The maximum absolute atomic E-state index is 7.40. The number of ether oxygens (including phenoxy) is 1. The van der Waals surface area contributed by atoms with E-state index in [2.05, 4.69) is 61.6 Å². The van der Waals surface area contributed by atoms with Crippen LogP contribution in [0.3, 0.4) is 0 Å². The van der Waals surface area contributed by atoms with Gasteiger partial charge >= 0.3 is 0 Å². The molecule has 90 valence electrons. The van der Waals surface area contributed by atoms with Crippen molar-refractivity contribution in [3.8, 4) is 6.26 Å². The first-order chi connectivity index (χ1) is 8.15. The molecule has 0 aliphatic carbocycles. The van der Waals surface area contributed by atoms with E-state index < -0.39 is 0 Å². The lowest BCUT2D eigenvalue weighted by Crippen LogP contribution is -1.82. The molecule has 2 heteroatoms. The van der Waals surface area contributed by atoms with Crippen LogP contribution in [0.4, 0.5) is 0 Å². The Hall–Kier alpha value is -2.01. The minimum Gasteiger partial charge on any atom is -0.431 e. The molecule has 0 aliphatic heterocycles. The third kappa shape index (κ3) is 6.97. The van der Waals surface area contributed by atoms with E-state index in [0.29, 0.717) is 5.92 Å². The molecule has 0 radical (unpaired) electrons. The van der Waals surface area contributed by atoms with Gasteiger partial charge in [0.2, 0.25) is 0 Å². The Labute approximate surface area is 104 Å². The molecule has 0 spiro atoms. The van der Waals surface area contributed by atoms with Gasteiger partial charge in [0, 0.05) is 0 Å². The first-order valence-corrected chi connectivity index (χ1v) is 5.44. The van der Waals surface area contributed by atoms with E-state index in [0.717, 1.165) is 0 Å². The molecule has 0 saturated heterocycles. The highest BCUT2D eigenvalue weighted by Crippen LogP contribution is 2.10. The van der Waals surface area contributed by atoms with Crippen molar-refractivity contribution in [3.63, 3.8) is 0 Å². The molecule has 1 aromatic rings.